The van der Waals surface area contributed by atoms with E-state index in [1.807, 2.05) is 13.8 Å². The third kappa shape index (κ3) is 6.38. The number of fused-ring (bicyclic) bond motifs is 1. The Bertz CT molecular complexity index is 1210. The number of nitrogens with one attached hydrogen (secondary N) is 2. The highest BCUT2D eigenvalue weighted by Gasteiger charge is 2.41. The zero-order chi connectivity index (χ0) is 28.1. The van der Waals surface area contributed by atoms with Crippen molar-refractivity contribution in [2.45, 2.75) is 64.0 Å². The van der Waals surface area contributed by atoms with Crippen LogP contribution in [0.2, 0.25) is 0 Å². The summed E-state index contributed by atoms with van der Waals surface area (Å²) >= 11 is 0. The third-order valence-electron chi connectivity index (χ3n) is 7.90. The normalized spacial score (nSPS) is 19.6. The molecular formula is C27H37FN6O5. The quantitative estimate of drug-likeness (QED) is 0.430. The van der Waals surface area contributed by atoms with E-state index in [1.165, 1.54) is 12.1 Å². The van der Waals surface area contributed by atoms with E-state index in [-0.39, 0.29) is 42.6 Å². The number of carbonyl (C=O) groups excluding carboxylic acids is 4. The van der Waals surface area contributed by atoms with Crippen LogP contribution in [0.3, 0.4) is 0 Å². The Labute approximate surface area is 226 Å². The van der Waals surface area contributed by atoms with Gasteiger partial charge >= 0.3 is 0 Å². The van der Waals surface area contributed by atoms with Gasteiger partial charge in [-0.2, -0.15) is 0 Å². The van der Waals surface area contributed by atoms with E-state index in [9.17, 15) is 23.6 Å². The summed E-state index contributed by atoms with van der Waals surface area (Å²) in [6.45, 7) is 4.78. The van der Waals surface area contributed by atoms with Crippen molar-refractivity contribution < 1.29 is 28.1 Å². The first-order chi connectivity index (χ1) is 18.7. The van der Waals surface area contributed by atoms with Crippen molar-refractivity contribution in [3.63, 3.8) is 0 Å². The topological polar surface area (TPSA) is 151 Å². The Morgan fingerprint density at radius 3 is 2.59 bits per heavy atom. The summed E-state index contributed by atoms with van der Waals surface area (Å²) in [5, 5.41) is 10.1. The summed E-state index contributed by atoms with van der Waals surface area (Å²) in [5.41, 5.74) is 6.46. The summed E-state index contributed by atoms with van der Waals surface area (Å²) in [7, 11) is 0. The first-order valence-corrected chi connectivity index (χ1v) is 13.6. The lowest BCUT2D eigenvalue weighted by Gasteiger charge is -2.36. The second-order valence-corrected chi connectivity index (χ2v) is 10.4. The van der Waals surface area contributed by atoms with Crippen molar-refractivity contribution in [1.82, 2.24) is 25.6 Å². The summed E-state index contributed by atoms with van der Waals surface area (Å²) in [4.78, 5) is 54.4. The molecule has 3 atom stereocenters. The highest BCUT2D eigenvalue weighted by atomic mass is 19.1. The number of halogens is 1. The number of hydrogen-bond acceptors (Lipinski definition) is 7. The molecule has 0 spiro atoms. The minimum absolute atomic E-state index is 0.0872. The molecule has 3 heterocycles. The zero-order valence-corrected chi connectivity index (χ0v) is 22.5. The van der Waals surface area contributed by atoms with Crippen molar-refractivity contribution in [2.75, 3.05) is 32.7 Å². The van der Waals surface area contributed by atoms with Crippen molar-refractivity contribution in [2.24, 2.45) is 11.7 Å². The number of hydrogen-bond donors (Lipinski definition) is 3. The van der Waals surface area contributed by atoms with Gasteiger partial charge in [-0.05, 0) is 43.7 Å². The van der Waals surface area contributed by atoms with Crippen LogP contribution in [0.15, 0.2) is 22.7 Å². The molecule has 11 nitrogen and oxygen atoms in total. The maximum atomic E-state index is 13.6. The van der Waals surface area contributed by atoms with Crippen LogP contribution in [0.1, 0.15) is 57.6 Å². The molecule has 12 heteroatoms. The van der Waals surface area contributed by atoms with Crippen molar-refractivity contribution in [1.29, 1.82) is 0 Å². The monoisotopic (exact) mass is 544 g/mol. The third-order valence-corrected chi connectivity index (χ3v) is 7.90. The fourth-order valence-corrected chi connectivity index (χ4v) is 5.43. The molecule has 2 fully saturated rings. The minimum Gasteiger partial charge on any atom is -0.356 e. The van der Waals surface area contributed by atoms with Gasteiger partial charge in [0.25, 0.3) is 0 Å². The van der Waals surface area contributed by atoms with E-state index in [1.54, 1.807) is 15.9 Å². The number of piperidine rings is 1. The van der Waals surface area contributed by atoms with Gasteiger partial charge in [0.15, 0.2) is 5.58 Å². The van der Waals surface area contributed by atoms with Crippen LogP contribution < -0.4 is 16.4 Å². The Kier molecular flexibility index (Phi) is 9.16. The number of aromatic nitrogens is 1. The largest absolute Gasteiger partial charge is 0.356 e. The van der Waals surface area contributed by atoms with Crippen LogP contribution in [0.5, 0.6) is 0 Å². The van der Waals surface area contributed by atoms with Gasteiger partial charge in [0.05, 0.1) is 18.8 Å². The first-order valence-electron chi connectivity index (χ1n) is 13.6. The average Bonchev–Trinajstić information content (AvgIpc) is 3.61. The number of amides is 4. The predicted molar refractivity (Wildman–Crippen MR) is 141 cm³/mol. The van der Waals surface area contributed by atoms with Gasteiger partial charge in [-0.1, -0.05) is 25.4 Å². The Balaban J connectivity index is 1.38. The maximum Gasteiger partial charge on any atom is 0.246 e. The molecule has 1 aromatic heterocycles. The Morgan fingerprint density at radius 2 is 1.90 bits per heavy atom. The highest BCUT2D eigenvalue weighted by Crippen LogP contribution is 2.33. The molecule has 2 saturated heterocycles. The van der Waals surface area contributed by atoms with E-state index in [4.69, 9.17) is 10.3 Å². The molecular weight excluding hydrogens is 507 g/mol. The summed E-state index contributed by atoms with van der Waals surface area (Å²) in [5.74, 6) is -1.77. The summed E-state index contributed by atoms with van der Waals surface area (Å²) in [6, 6.07) is 3.00. The van der Waals surface area contributed by atoms with Gasteiger partial charge in [-0.25, -0.2) is 4.39 Å². The Hall–Kier alpha value is -3.54. The molecule has 4 amide bonds. The Morgan fingerprint density at radius 1 is 1.15 bits per heavy atom. The molecule has 0 unspecified atom stereocenters. The number of carbonyl (C=O) groups is 4. The van der Waals surface area contributed by atoms with E-state index in [2.05, 4.69) is 15.8 Å². The fraction of sp³-hybridized carbons (Fsp3) is 0.593. The summed E-state index contributed by atoms with van der Waals surface area (Å²) in [6.07, 6.45) is 3.29. The van der Waals surface area contributed by atoms with E-state index in [0.29, 0.717) is 57.3 Å². The fourth-order valence-electron chi connectivity index (χ4n) is 5.43. The van der Waals surface area contributed by atoms with Crippen LogP contribution in [0.4, 0.5) is 4.39 Å². The van der Waals surface area contributed by atoms with E-state index < -0.39 is 23.9 Å². The molecule has 2 aliphatic rings. The van der Waals surface area contributed by atoms with E-state index >= 15 is 0 Å². The highest BCUT2D eigenvalue weighted by molar-refractivity contribution is 5.94. The molecule has 2 aromatic rings. The van der Waals surface area contributed by atoms with Crippen LogP contribution in [-0.4, -0.2) is 83.4 Å². The van der Waals surface area contributed by atoms with Crippen molar-refractivity contribution in [3.05, 3.63) is 29.7 Å². The number of rotatable bonds is 9. The standard InChI is InChI=1S/C27H37FN6O5/c1-3-16(2)24(31-23(36)15-30-22(35)14-29)27(38)34-10-4-5-20(34)26(37)33-11-8-17(9-12-33)25-19-7-6-18(28)13-21(19)39-32-25/h6-7,13,16-17,20,24H,3-5,8-12,14-15,29H2,1-2H3,(H,30,35)(H,31,36)/t16-,20+,24+/m1/s1. The van der Waals surface area contributed by atoms with Crippen molar-refractivity contribution >= 4 is 34.6 Å². The molecule has 0 aliphatic carbocycles. The molecule has 212 valence electrons. The van der Waals surface area contributed by atoms with Gasteiger partial charge in [-0.3, -0.25) is 19.2 Å². The number of likely N-dealkylation sites (tertiary alicyclic amines) is 2. The predicted octanol–water partition coefficient (Wildman–Crippen LogP) is 1.27. The molecule has 4 rings (SSSR count). The van der Waals surface area contributed by atoms with E-state index in [0.717, 1.165) is 11.1 Å². The molecule has 2 aliphatic heterocycles. The lowest BCUT2D eigenvalue weighted by Crippen LogP contribution is -2.57. The summed E-state index contributed by atoms with van der Waals surface area (Å²) < 4.78 is 18.8. The second kappa shape index (κ2) is 12.5. The zero-order valence-electron chi connectivity index (χ0n) is 22.5. The van der Waals surface area contributed by atoms with Gasteiger partial charge in [0.2, 0.25) is 23.6 Å². The molecule has 1 aromatic carbocycles. The van der Waals surface area contributed by atoms with Crippen LogP contribution in [0.25, 0.3) is 11.0 Å². The van der Waals surface area contributed by atoms with Crippen LogP contribution >= 0.6 is 0 Å². The molecule has 0 saturated carbocycles. The van der Waals surface area contributed by atoms with Gasteiger partial charge < -0.3 is 30.7 Å². The smallest absolute Gasteiger partial charge is 0.246 e. The lowest BCUT2D eigenvalue weighted by atomic mass is 9.91. The average molecular weight is 545 g/mol. The first kappa shape index (κ1) is 28.5. The number of nitrogens with two attached hydrogens (primary N) is 1. The molecule has 0 bridgehead atoms. The number of nitrogens with zero attached hydrogens (tertiary/aromatic N) is 3. The molecule has 39 heavy (non-hydrogen) atoms. The van der Waals surface area contributed by atoms with Crippen LogP contribution in [0, 0.1) is 11.7 Å². The van der Waals surface area contributed by atoms with Crippen molar-refractivity contribution in [3.8, 4) is 0 Å². The van der Waals surface area contributed by atoms with Gasteiger partial charge in [-0.15, -0.1) is 0 Å². The minimum atomic E-state index is -0.804. The van der Waals surface area contributed by atoms with Crippen LogP contribution in [-0.2, 0) is 19.2 Å². The lowest BCUT2D eigenvalue weighted by molar-refractivity contribution is -0.147. The SMILES string of the molecule is CC[C@@H](C)[C@H](NC(=O)CNC(=O)CN)C(=O)N1CCC[C@H]1C(=O)N1CCC(c2noc3cc(F)ccc23)CC1. The second-order valence-electron chi connectivity index (χ2n) is 10.4. The molecule has 4 N–H and O–H groups in total. The molecule has 0 radical (unpaired) electrons. The maximum absolute atomic E-state index is 13.6. The number of benzene rings is 1. The van der Waals surface area contributed by atoms with Gasteiger partial charge in [0, 0.05) is 37.0 Å². The van der Waals surface area contributed by atoms with Gasteiger partial charge in [0.1, 0.15) is 17.9 Å².